The Balaban J connectivity index is 0. The molecule has 0 fully saturated rings. The van der Waals surface area contributed by atoms with Gasteiger partial charge in [-0.25, -0.2) is 4.98 Å². The molecule has 0 saturated carbocycles. The van der Waals surface area contributed by atoms with Crippen LogP contribution in [0.5, 0.6) is 0 Å². The Kier molecular flexibility index (Phi) is 9.98. The first-order chi connectivity index (χ1) is 7.13. The van der Waals surface area contributed by atoms with Gasteiger partial charge in [-0.05, 0) is 24.6 Å². The van der Waals surface area contributed by atoms with Crippen LogP contribution in [-0.4, -0.2) is 30.6 Å². The van der Waals surface area contributed by atoms with Crippen molar-refractivity contribution in [2.24, 2.45) is 5.73 Å². The van der Waals surface area contributed by atoms with Crippen molar-refractivity contribution in [2.75, 3.05) is 19.0 Å². The van der Waals surface area contributed by atoms with Gasteiger partial charge in [0.25, 0.3) is 0 Å². The molecule has 0 spiro atoms. The fourth-order valence-corrected chi connectivity index (χ4v) is 1.08. The summed E-state index contributed by atoms with van der Waals surface area (Å²) in [5.74, 6) is 0.210. The summed E-state index contributed by atoms with van der Waals surface area (Å²) in [5.41, 5.74) is 6.58. The third-order valence-electron chi connectivity index (χ3n) is 1.85. The molecule has 5 nitrogen and oxygen atoms in total. The van der Waals surface area contributed by atoms with Gasteiger partial charge in [0.05, 0.1) is 6.61 Å². The number of anilines is 1. The minimum atomic E-state index is -0.669. The van der Waals surface area contributed by atoms with E-state index in [1.807, 2.05) is 13.0 Å². The van der Waals surface area contributed by atoms with Gasteiger partial charge in [0, 0.05) is 13.3 Å². The summed E-state index contributed by atoms with van der Waals surface area (Å²) >= 11 is 0. The van der Waals surface area contributed by atoms with E-state index in [-0.39, 0.29) is 37.3 Å². The molecule has 0 aliphatic heterocycles. The second-order valence-electron chi connectivity index (χ2n) is 3.27. The number of hydrogen-bond acceptors (Lipinski definition) is 4. The van der Waals surface area contributed by atoms with Crippen molar-refractivity contribution in [2.45, 2.75) is 13.0 Å². The minimum Gasteiger partial charge on any atom is -0.383 e. The van der Waals surface area contributed by atoms with Crippen LogP contribution in [0.25, 0.3) is 0 Å². The van der Waals surface area contributed by atoms with E-state index in [1.165, 1.54) is 7.11 Å². The van der Waals surface area contributed by atoms with E-state index < -0.39 is 6.04 Å². The quantitative estimate of drug-likeness (QED) is 0.868. The fourth-order valence-electron chi connectivity index (χ4n) is 1.08. The van der Waals surface area contributed by atoms with Crippen LogP contribution in [0.1, 0.15) is 5.56 Å². The summed E-state index contributed by atoms with van der Waals surface area (Å²) in [6.07, 6.45) is 1.63. The number of carbonyl (C=O) groups is 1. The van der Waals surface area contributed by atoms with Gasteiger partial charge in [0.2, 0.25) is 5.91 Å². The molecule has 1 rings (SSSR count). The number of pyridine rings is 1. The first-order valence-electron chi connectivity index (χ1n) is 4.61. The normalized spacial score (nSPS) is 10.8. The van der Waals surface area contributed by atoms with Gasteiger partial charge < -0.3 is 15.8 Å². The molecule has 0 radical (unpaired) electrons. The number of carbonyl (C=O) groups excluding carboxylic acids is 1. The summed E-state index contributed by atoms with van der Waals surface area (Å²) < 4.78 is 4.78. The monoisotopic (exact) mass is 281 g/mol. The molecule has 1 aromatic heterocycles. The Morgan fingerprint density at radius 1 is 1.59 bits per heavy atom. The van der Waals surface area contributed by atoms with Gasteiger partial charge in [0.1, 0.15) is 11.9 Å². The standard InChI is InChI=1S/C10H15N3O2.2ClH/c1-7-3-4-12-9(5-7)13-10(14)8(11)6-15-2;;/h3-5,8H,6,11H2,1-2H3,(H,12,13,14);2*1H. The molecule has 3 N–H and O–H groups in total. The molecule has 1 amide bonds. The van der Waals surface area contributed by atoms with Gasteiger partial charge in [-0.1, -0.05) is 0 Å². The van der Waals surface area contributed by atoms with E-state index in [4.69, 9.17) is 10.5 Å². The van der Waals surface area contributed by atoms with E-state index in [0.29, 0.717) is 5.82 Å². The third kappa shape index (κ3) is 6.43. The highest BCUT2D eigenvalue weighted by atomic mass is 35.5. The van der Waals surface area contributed by atoms with Crippen molar-refractivity contribution in [1.82, 2.24) is 4.98 Å². The van der Waals surface area contributed by atoms with Crippen molar-refractivity contribution in [1.29, 1.82) is 0 Å². The largest absolute Gasteiger partial charge is 0.383 e. The highest BCUT2D eigenvalue weighted by Crippen LogP contribution is 2.05. The molecule has 98 valence electrons. The van der Waals surface area contributed by atoms with E-state index >= 15 is 0 Å². The van der Waals surface area contributed by atoms with Crippen LogP contribution in [-0.2, 0) is 9.53 Å². The molecule has 1 atom stereocenters. The van der Waals surface area contributed by atoms with Gasteiger partial charge >= 0.3 is 0 Å². The van der Waals surface area contributed by atoms with Crippen LogP contribution in [0, 0.1) is 6.92 Å². The minimum absolute atomic E-state index is 0. The average molecular weight is 282 g/mol. The second kappa shape index (κ2) is 9.18. The summed E-state index contributed by atoms with van der Waals surface area (Å²) in [7, 11) is 1.50. The Hall–Kier alpha value is -0.880. The zero-order chi connectivity index (χ0) is 11.3. The summed E-state index contributed by atoms with van der Waals surface area (Å²) in [6.45, 7) is 2.12. The lowest BCUT2D eigenvalue weighted by Crippen LogP contribution is -2.39. The molecule has 0 saturated heterocycles. The number of amides is 1. The van der Waals surface area contributed by atoms with Crippen molar-refractivity contribution in [3.63, 3.8) is 0 Å². The summed E-state index contributed by atoms with van der Waals surface area (Å²) in [6, 6.07) is 2.96. The number of nitrogens with two attached hydrogens (primary N) is 1. The lowest BCUT2D eigenvalue weighted by Gasteiger charge is -2.10. The number of methoxy groups -OCH3 is 1. The molecule has 1 unspecified atom stereocenters. The van der Waals surface area contributed by atoms with Crippen molar-refractivity contribution in [3.05, 3.63) is 23.9 Å². The maximum atomic E-state index is 11.5. The smallest absolute Gasteiger partial charge is 0.244 e. The molecule has 0 aromatic carbocycles. The Labute approximate surface area is 113 Å². The number of hydrogen-bond donors (Lipinski definition) is 2. The molecule has 17 heavy (non-hydrogen) atoms. The molecule has 0 aliphatic carbocycles. The van der Waals surface area contributed by atoms with Gasteiger partial charge in [-0.3, -0.25) is 4.79 Å². The van der Waals surface area contributed by atoms with E-state index in [9.17, 15) is 4.79 Å². The molecule has 0 aliphatic rings. The van der Waals surface area contributed by atoms with E-state index in [2.05, 4.69) is 10.3 Å². The van der Waals surface area contributed by atoms with Gasteiger partial charge in [0.15, 0.2) is 0 Å². The maximum Gasteiger partial charge on any atom is 0.244 e. The van der Waals surface area contributed by atoms with E-state index in [0.717, 1.165) is 5.56 Å². The molecule has 0 bridgehead atoms. The van der Waals surface area contributed by atoms with Crippen molar-refractivity contribution in [3.8, 4) is 0 Å². The predicted molar refractivity (Wildman–Crippen MR) is 72.0 cm³/mol. The van der Waals surface area contributed by atoms with E-state index in [1.54, 1.807) is 12.3 Å². The van der Waals surface area contributed by atoms with Gasteiger partial charge in [-0.15, -0.1) is 24.8 Å². The Morgan fingerprint density at radius 2 is 2.24 bits per heavy atom. The Morgan fingerprint density at radius 3 is 2.76 bits per heavy atom. The maximum absolute atomic E-state index is 11.5. The van der Waals surface area contributed by atoms with Crippen LogP contribution in [0.4, 0.5) is 5.82 Å². The second-order valence-corrected chi connectivity index (χ2v) is 3.27. The molecule has 7 heteroatoms. The number of aromatic nitrogens is 1. The number of nitrogens with zero attached hydrogens (tertiary/aromatic N) is 1. The molecular formula is C10H17Cl2N3O2. The van der Waals surface area contributed by atoms with Crippen LogP contribution in [0.3, 0.4) is 0 Å². The van der Waals surface area contributed by atoms with Crippen LogP contribution >= 0.6 is 24.8 Å². The van der Waals surface area contributed by atoms with Crippen molar-refractivity contribution >= 4 is 36.5 Å². The lowest BCUT2D eigenvalue weighted by molar-refractivity contribution is -0.118. The van der Waals surface area contributed by atoms with Crippen LogP contribution in [0.15, 0.2) is 18.3 Å². The zero-order valence-corrected chi connectivity index (χ0v) is 11.3. The predicted octanol–water partition coefficient (Wildman–Crippen LogP) is 1.15. The number of rotatable bonds is 4. The molecular weight excluding hydrogens is 265 g/mol. The summed E-state index contributed by atoms with van der Waals surface area (Å²) in [5, 5.41) is 2.61. The Bertz CT molecular complexity index is 350. The number of nitrogens with one attached hydrogen (secondary N) is 1. The SMILES string of the molecule is COCC(N)C(=O)Nc1cc(C)ccn1.Cl.Cl. The highest BCUT2D eigenvalue weighted by molar-refractivity contribution is 5.94. The summed E-state index contributed by atoms with van der Waals surface area (Å²) in [4.78, 5) is 15.5. The van der Waals surface area contributed by atoms with Crippen molar-refractivity contribution < 1.29 is 9.53 Å². The van der Waals surface area contributed by atoms with Gasteiger partial charge in [-0.2, -0.15) is 0 Å². The number of ether oxygens (including phenoxy) is 1. The first kappa shape index (κ1) is 18.5. The average Bonchev–Trinajstić information content (AvgIpc) is 2.18. The fraction of sp³-hybridized carbons (Fsp3) is 0.400. The zero-order valence-electron chi connectivity index (χ0n) is 9.67. The number of aryl methyl sites for hydroxylation is 1. The topological polar surface area (TPSA) is 77.2 Å². The van der Waals surface area contributed by atoms with Crippen LogP contribution in [0.2, 0.25) is 0 Å². The first-order valence-corrected chi connectivity index (χ1v) is 4.61. The highest BCUT2D eigenvalue weighted by Gasteiger charge is 2.13. The lowest BCUT2D eigenvalue weighted by atomic mass is 10.3. The molecule has 1 heterocycles. The molecule has 1 aromatic rings. The third-order valence-corrected chi connectivity index (χ3v) is 1.85. The van der Waals surface area contributed by atoms with Crippen LogP contribution < -0.4 is 11.1 Å². The number of halogens is 2.